The molecule has 1 N–H and O–H groups in total. The van der Waals surface area contributed by atoms with Gasteiger partial charge in [0.2, 0.25) is 0 Å². The number of ketones is 1. The standard InChI is InChI=1S/C19H16N2O2/c1-12-9-15-7-8-20-11-18(15)17(10-12)19(23)21-16-5-3-14(4-6-16)13(2)22/h3-11H,1-2H3,(H,21,23). The number of carbonyl (C=O) groups excluding carboxylic acids is 2. The molecule has 3 aromatic rings. The van der Waals surface area contributed by atoms with E-state index >= 15 is 0 Å². The summed E-state index contributed by atoms with van der Waals surface area (Å²) in [7, 11) is 0. The van der Waals surface area contributed by atoms with Crippen LogP contribution in [0.5, 0.6) is 0 Å². The Balaban J connectivity index is 1.93. The van der Waals surface area contributed by atoms with Crippen LogP contribution in [0, 0.1) is 6.92 Å². The zero-order valence-corrected chi connectivity index (χ0v) is 13.0. The van der Waals surface area contributed by atoms with Gasteiger partial charge in [0.1, 0.15) is 0 Å². The molecule has 0 bridgehead atoms. The van der Waals surface area contributed by atoms with Crippen molar-refractivity contribution >= 4 is 28.2 Å². The molecule has 0 fully saturated rings. The van der Waals surface area contributed by atoms with Crippen LogP contribution in [-0.4, -0.2) is 16.7 Å². The quantitative estimate of drug-likeness (QED) is 0.744. The van der Waals surface area contributed by atoms with Gasteiger partial charge in [-0.05, 0) is 61.2 Å². The lowest BCUT2D eigenvalue weighted by molar-refractivity contribution is 0.101. The predicted molar refractivity (Wildman–Crippen MR) is 90.9 cm³/mol. The first-order chi connectivity index (χ1) is 11.0. The first-order valence-corrected chi connectivity index (χ1v) is 7.31. The number of benzene rings is 2. The number of aryl methyl sites for hydroxylation is 1. The van der Waals surface area contributed by atoms with Crippen molar-refractivity contribution < 1.29 is 9.59 Å². The molecule has 0 saturated heterocycles. The molecular weight excluding hydrogens is 288 g/mol. The van der Waals surface area contributed by atoms with E-state index in [0.29, 0.717) is 16.8 Å². The van der Waals surface area contributed by atoms with Gasteiger partial charge in [0.05, 0.1) is 0 Å². The van der Waals surface area contributed by atoms with Gasteiger partial charge in [-0.3, -0.25) is 14.6 Å². The van der Waals surface area contributed by atoms with Crippen LogP contribution in [0.2, 0.25) is 0 Å². The van der Waals surface area contributed by atoms with Crippen LogP contribution < -0.4 is 5.32 Å². The summed E-state index contributed by atoms with van der Waals surface area (Å²) in [4.78, 5) is 28.0. The average Bonchev–Trinajstić information content (AvgIpc) is 2.54. The highest BCUT2D eigenvalue weighted by Crippen LogP contribution is 2.21. The van der Waals surface area contributed by atoms with Crippen molar-refractivity contribution in [2.24, 2.45) is 0 Å². The Bertz CT molecular complexity index is 899. The van der Waals surface area contributed by atoms with Crippen LogP contribution in [0.4, 0.5) is 5.69 Å². The summed E-state index contributed by atoms with van der Waals surface area (Å²) in [5, 5.41) is 4.66. The van der Waals surface area contributed by atoms with Crippen molar-refractivity contribution in [3.05, 3.63) is 71.5 Å². The smallest absolute Gasteiger partial charge is 0.256 e. The number of hydrogen-bond donors (Lipinski definition) is 1. The summed E-state index contributed by atoms with van der Waals surface area (Å²) < 4.78 is 0. The van der Waals surface area contributed by atoms with Gasteiger partial charge in [-0.25, -0.2) is 0 Å². The molecule has 2 aromatic carbocycles. The number of amides is 1. The van der Waals surface area contributed by atoms with Crippen LogP contribution in [0.3, 0.4) is 0 Å². The van der Waals surface area contributed by atoms with Crippen LogP contribution in [-0.2, 0) is 0 Å². The third-order valence-corrected chi connectivity index (χ3v) is 3.69. The first kappa shape index (κ1) is 14.9. The minimum Gasteiger partial charge on any atom is -0.322 e. The molecule has 0 aliphatic heterocycles. The maximum absolute atomic E-state index is 12.6. The lowest BCUT2D eigenvalue weighted by atomic mass is 10.0. The Kier molecular flexibility index (Phi) is 3.89. The van der Waals surface area contributed by atoms with Crippen molar-refractivity contribution in [3.63, 3.8) is 0 Å². The summed E-state index contributed by atoms with van der Waals surface area (Å²) in [6, 6.07) is 12.6. The fourth-order valence-corrected chi connectivity index (χ4v) is 2.52. The van der Waals surface area contributed by atoms with Crippen LogP contribution in [0.15, 0.2) is 54.9 Å². The molecule has 0 unspecified atom stereocenters. The number of nitrogens with zero attached hydrogens (tertiary/aromatic N) is 1. The number of nitrogens with one attached hydrogen (secondary N) is 1. The molecule has 1 heterocycles. The molecule has 0 radical (unpaired) electrons. The number of anilines is 1. The van der Waals surface area contributed by atoms with E-state index in [0.717, 1.165) is 16.3 Å². The molecule has 0 atom stereocenters. The molecule has 1 amide bonds. The number of Topliss-reactive ketones (excluding diaryl/α,β-unsaturated/α-hetero) is 1. The van der Waals surface area contributed by atoms with Gasteiger partial charge in [-0.1, -0.05) is 6.07 Å². The Morgan fingerprint density at radius 2 is 1.78 bits per heavy atom. The zero-order valence-electron chi connectivity index (χ0n) is 13.0. The Hall–Kier alpha value is -3.01. The number of aromatic nitrogens is 1. The van der Waals surface area contributed by atoms with E-state index in [4.69, 9.17) is 0 Å². The lowest BCUT2D eigenvalue weighted by Crippen LogP contribution is -2.13. The monoisotopic (exact) mass is 304 g/mol. The second-order valence-corrected chi connectivity index (χ2v) is 5.50. The summed E-state index contributed by atoms with van der Waals surface area (Å²) in [5.41, 5.74) is 2.87. The second-order valence-electron chi connectivity index (χ2n) is 5.50. The topological polar surface area (TPSA) is 59.1 Å². The van der Waals surface area contributed by atoms with E-state index in [1.807, 2.05) is 25.1 Å². The molecular formula is C19H16N2O2. The molecule has 0 spiro atoms. The second kappa shape index (κ2) is 6.01. The predicted octanol–water partition coefficient (Wildman–Crippen LogP) is 4.00. The minimum absolute atomic E-state index is 0.00127. The minimum atomic E-state index is -0.192. The van der Waals surface area contributed by atoms with Crippen molar-refractivity contribution in [1.82, 2.24) is 4.98 Å². The number of hydrogen-bond acceptors (Lipinski definition) is 3. The maximum atomic E-state index is 12.6. The highest BCUT2D eigenvalue weighted by atomic mass is 16.1. The molecule has 1 aromatic heterocycles. The number of rotatable bonds is 3. The molecule has 4 heteroatoms. The molecule has 4 nitrogen and oxygen atoms in total. The summed E-state index contributed by atoms with van der Waals surface area (Å²) in [6.07, 6.45) is 3.41. The van der Waals surface area contributed by atoms with Crippen LogP contribution in [0.1, 0.15) is 33.2 Å². The third-order valence-electron chi connectivity index (χ3n) is 3.69. The molecule has 0 saturated carbocycles. The Labute approximate surface area is 134 Å². The van der Waals surface area contributed by atoms with Crippen molar-refractivity contribution in [2.75, 3.05) is 5.32 Å². The van der Waals surface area contributed by atoms with Gasteiger partial charge in [0.25, 0.3) is 5.91 Å². The van der Waals surface area contributed by atoms with Crippen molar-refractivity contribution in [1.29, 1.82) is 0 Å². The summed E-state index contributed by atoms with van der Waals surface area (Å²) in [5.74, 6) is -0.194. The third kappa shape index (κ3) is 3.11. The highest BCUT2D eigenvalue weighted by molar-refractivity contribution is 6.13. The fourth-order valence-electron chi connectivity index (χ4n) is 2.52. The van der Waals surface area contributed by atoms with Gasteiger partial charge in [-0.15, -0.1) is 0 Å². The van der Waals surface area contributed by atoms with Gasteiger partial charge in [0, 0.05) is 34.6 Å². The molecule has 0 aliphatic carbocycles. The summed E-state index contributed by atoms with van der Waals surface area (Å²) in [6.45, 7) is 3.47. The largest absolute Gasteiger partial charge is 0.322 e. The first-order valence-electron chi connectivity index (χ1n) is 7.31. The van der Waals surface area contributed by atoms with E-state index in [1.165, 1.54) is 6.92 Å². The normalized spacial score (nSPS) is 10.5. The van der Waals surface area contributed by atoms with Crippen molar-refractivity contribution in [2.45, 2.75) is 13.8 Å². The zero-order chi connectivity index (χ0) is 16.4. The van der Waals surface area contributed by atoms with Gasteiger partial charge >= 0.3 is 0 Å². The Morgan fingerprint density at radius 1 is 1.04 bits per heavy atom. The fraction of sp³-hybridized carbons (Fsp3) is 0.105. The van der Waals surface area contributed by atoms with E-state index in [1.54, 1.807) is 36.7 Å². The number of carbonyl (C=O) groups is 2. The van der Waals surface area contributed by atoms with E-state index in [-0.39, 0.29) is 11.7 Å². The molecule has 114 valence electrons. The average molecular weight is 304 g/mol. The number of pyridine rings is 1. The molecule has 3 rings (SSSR count). The highest BCUT2D eigenvalue weighted by Gasteiger charge is 2.12. The van der Waals surface area contributed by atoms with E-state index in [9.17, 15) is 9.59 Å². The van der Waals surface area contributed by atoms with Crippen molar-refractivity contribution in [3.8, 4) is 0 Å². The SMILES string of the molecule is CC(=O)c1ccc(NC(=O)c2cc(C)cc3ccncc23)cc1. The van der Waals surface area contributed by atoms with Gasteiger partial charge in [-0.2, -0.15) is 0 Å². The van der Waals surface area contributed by atoms with Crippen LogP contribution in [0.25, 0.3) is 10.8 Å². The lowest BCUT2D eigenvalue weighted by Gasteiger charge is -2.09. The molecule has 23 heavy (non-hydrogen) atoms. The molecule has 0 aliphatic rings. The van der Waals surface area contributed by atoms with E-state index in [2.05, 4.69) is 10.3 Å². The summed E-state index contributed by atoms with van der Waals surface area (Å²) >= 11 is 0. The van der Waals surface area contributed by atoms with Crippen LogP contribution >= 0.6 is 0 Å². The Morgan fingerprint density at radius 3 is 2.48 bits per heavy atom. The number of fused-ring (bicyclic) bond motifs is 1. The van der Waals surface area contributed by atoms with Gasteiger partial charge < -0.3 is 5.32 Å². The van der Waals surface area contributed by atoms with Gasteiger partial charge in [0.15, 0.2) is 5.78 Å². The van der Waals surface area contributed by atoms with E-state index < -0.39 is 0 Å². The maximum Gasteiger partial charge on any atom is 0.256 e.